The lowest BCUT2D eigenvalue weighted by molar-refractivity contribution is -0.137. The number of amides is 1. The first-order valence-electron chi connectivity index (χ1n) is 8.83. The summed E-state index contributed by atoms with van der Waals surface area (Å²) in [4.78, 5) is 12.5. The highest BCUT2D eigenvalue weighted by Gasteiger charge is 2.31. The maximum absolute atomic E-state index is 12.9. The molecule has 3 aromatic carbocycles. The summed E-state index contributed by atoms with van der Waals surface area (Å²) >= 11 is 5.88. The summed E-state index contributed by atoms with van der Waals surface area (Å²) < 4.78 is 65.9. The van der Waals surface area contributed by atoms with Crippen LogP contribution in [-0.4, -0.2) is 14.3 Å². The first kappa shape index (κ1) is 22.6. The molecule has 0 fully saturated rings. The molecule has 0 aromatic heterocycles. The quantitative estimate of drug-likeness (QED) is 0.503. The molecule has 1 amide bonds. The van der Waals surface area contributed by atoms with Gasteiger partial charge < -0.3 is 5.32 Å². The van der Waals surface area contributed by atoms with E-state index >= 15 is 0 Å². The number of hydrogen-bond acceptors (Lipinski definition) is 3. The van der Waals surface area contributed by atoms with Crippen molar-refractivity contribution < 1.29 is 26.4 Å². The second-order valence-corrected chi connectivity index (χ2v) is 8.73. The SMILES string of the molecule is Cc1ccc(S(=O)(=O)Nc2ccc(C(=O)Nc3cc(C(F)(F)F)ccc3Cl)cc2)cc1. The Hall–Kier alpha value is -3.04. The second kappa shape index (κ2) is 8.60. The molecule has 0 saturated heterocycles. The van der Waals surface area contributed by atoms with Crippen molar-refractivity contribution >= 4 is 38.9 Å². The van der Waals surface area contributed by atoms with E-state index in [1.165, 1.54) is 36.4 Å². The Labute approximate surface area is 181 Å². The van der Waals surface area contributed by atoms with E-state index < -0.39 is 27.7 Å². The molecule has 0 aliphatic heterocycles. The van der Waals surface area contributed by atoms with Gasteiger partial charge in [-0.25, -0.2) is 8.42 Å². The number of carbonyl (C=O) groups excluding carboxylic acids is 1. The molecule has 0 bridgehead atoms. The molecule has 0 spiro atoms. The summed E-state index contributed by atoms with van der Waals surface area (Å²) in [7, 11) is -3.81. The van der Waals surface area contributed by atoms with Crippen molar-refractivity contribution in [3.05, 3.63) is 88.4 Å². The fourth-order valence-electron chi connectivity index (χ4n) is 2.61. The number of anilines is 2. The first-order chi connectivity index (χ1) is 14.5. The van der Waals surface area contributed by atoms with E-state index in [2.05, 4.69) is 10.0 Å². The molecule has 0 saturated carbocycles. The van der Waals surface area contributed by atoms with Gasteiger partial charge in [0.25, 0.3) is 15.9 Å². The Balaban J connectivity index is 1.74. The number of sulfonamides is 1. The summed E-state index contributed by atoms with van der Waals surface area (Å²) in [6.45, 7) is 1.83. The topological polar surface area (TPSA) is 75.3 Å². The third kappa shape index (κ3) is 5.56. The van der Waals surface area contributed by atoms with E-state index in [4.69, 9.17) is 11.6 Å². The molecule has 0 aliphatic carbocycles. The molecule has 2 N–H and O–H groups in total. The van der Waals surface area contributed by atoms with Gasteiger partial charge in [0.2, 0.25) is 0 Å². The molecule has 0 aliphatic rings. The van der Waals surface area contributed by atoms with Gasteiger partial charge in [-0.05, 0) is 61.5 Å². The number of nitrogens with one attached hydrogen (secondary N) is 2. The summed E-state index contributed by atoms with van der Waals surface area (Å²) in [5.74, 6) is -0.700. The summed E-state index contributed by atoms with van der Waals surface area (Å²) in [5, 5.41) is 2.28. The van der Waals surface area contributed by atoms with Crippen LogP contribution in [-0.2, 0) is 16.2 Å². The maximum Gasteiger partial charge on any atom is 0.416 e. The zero-order valence-corrected chi connectivity index (χ0v) is 17.6. The third-order valence-electron chi connectivity index (χ3n) is 4.27. The summed E-state index contributed by atoms with van der Waals surface area (Å²) in [6.07, 6.45) is -4.58. The smallest absolute Gasteiger partial charge is 0.321 e. The van der Waals surface area contributed by atoms with Gasteiger partial charge in [-0.2, -0.15) is 13.2 Å². The fraction of sp³-hybridized carbons (Fsp3) is 0.0952. The van der Waals surface area contributed by atoms with Gasteiger partial charge >= 0.3 is 6.18 Å². The fourth-order valence-corrected chi connectivity index (χ4v) is 3.84. The number of halogens is 4. The van der Waals surface area contributed by atoms with Crippen LogP contribution in [0.25, 0.3) is 0 Å². The summed E-state index contributed by atoms with van der Waals surface area (Å²) in [5.41, 5.74) is 0.0925. The highest BCUT2D eigenvalue weighted by Crippen LogP contribution is 2.34. The Morgan fingerprint density at radius 1 is 0.935 bits per heavy atom. The molecule has 162 valence electrons. The minimum absolute atomic E-state index is 0.0520. The van der Waals surface area contributed by atoms with Gasteiger partial charge in [-0.15, -0.1) is 0 Å². The Bertz CT molecular complexity index is 1210. The van der Waals surface area contributed by atoms with Gasteiger partial charge in [0, 0.05) is 11.3 Å². The highest BCUT2D eigenvalue weighted by atomic mass is 35.5. The number of aryl methyl sites for hydroxylation is 1. The zero-order chi connectivity index (χ0) is 22.8. The normalized spacial score (nSPS) is 11.8. The van der Waals surface area contributed by atoms with Crippen LogP contribution in [0.5, 0.6) is 0 Å². The monoisotopic (exact) mass is 468 g/mol. The average molecular weight is 469 g/mol. The first-order valence-corrected chi connectivity index (χ1v) is 10.7. The van der Waals surface area contributed by atoms with Crippen molar-refractivity contribution in [1.29, 1.82) is 0 Å². The minimum Gasteiger partial charge on any atom is -0.321 e. The lowest BCUT2D eigenvalue weighted by Crippen LogP contribution is -2.15. The van der Waals surface area contributed by atoms with Crippen LogP contribution in [0.15, 0.2) is 71.6 Å². The largest absolute Gasteiger partial charge is 0.416 e. The number of carbonyl (C=O) groups is 1. The van der Waals surface area contributed by atoms with Gasteiger partial charge in [0.15, 0.2) is 0 Å². The molecule has 0 radical (unpaired) electrons. The highest BCUT2D eigenvalue weighted by molar-refractivity contribution is 7.92. The third-order valence-corrected chi connectivity index (χ3v) is 6.00. The predicted octanol–water partition coefficient (Wildman–Crippen LogP) is 5.72. The van der Waals surface area contributed by atoms with Crippen LogP contribution in [0.3, 0.4) is 0 Å². The number of hydrogen-bond donors (Lipinski definition) is 2. The molecule has 0 unspecified atom stereocenters. The Morgan fingerprint density at radius 2 is 1.55 bits per heavy atom. The van der Waals surface area contributed by atoms with Gasteiger partial charge in [-0.3, -0.25) is 9.52 Å². The van der Waals surface area contributed by atoms with Crippen molar-refractivity contribution in [2.24, 2.45) is 0 Å². The van der Waals surface area contributed by atoms with Gasteiger partial charge in [0.1, 0.15) is 0 Å². The molecular weight excluding hydrogens is 453 g/mol. The van der Waals surface area contributed by atoms with Crippen LogP contribution in [0.4, 0.5) is 24.5 Å². The number of rotatable bonds is 5. The standard InChI is InChI=1S/C21H16ClF3N2O3S/c1-13-2-9-17(10-3-13)31(29,30)27-16-7-4-14(5-8-16)20(28)26-19-12-15(21(23,24)25)6-11-18(19)22/h2-12,27H,1H3,(H,26,28). The van der Waals surface area contributed by atoms with Crippen LogP contribution in [0.1, 0.15) is 21.5 Å². The van der Waals surface area contributed by atoms with Crippen molar-refractivity contribution in [1.82, 2.24) is 0 Å². The summed E-state index contributed by atoms with van der Waals surface area (Å²) in [6, 6.07) is 14.3. The Morgan fingerprint density at radius 3 is 2.13 bits per heavy atom. The van der Waals surface area contributed by atoms with Crippen molar-refractivity contribution in [2.45, 2.75) is 18.0 Å². The van der Waals surface area contributed by atoms with Crippen molar-refractivity contribution in [3.8, 4) is 0 Å². The van der Waals surface area contributed by atoms with Gasteiger partial charge in [-0.1, -0.05) is 29.3 Å². The molecule has 10 heteroatoms. The molecular formula is C21H16ClF3N2O3S. The lowest BCUT2D eigenvalue weighted by Gasteiger charge is -2.12. The number of alkyl halides is 3. The maximum atomic E-state index is 12.9. The van der Waals surface area contributed by atoms with E-state index in [0.717, 1.165) is 23.8 Å². The molecule has 0 heterocycles. The average Bonchev–Trinajstić information content (AvgIpc) is 2.69. The van der Waals surface area contributed by atoms with Crippen LogP contribution >= 0.6 is 11.6 Å². The van der Waals surface area contributed by atoms with Crippen LogP contribution in [0, 0.1) is 6.92 Å². The van der Waals surface area contributed by atoms with Crippen molar-refractivity contribution in [3.63, 3.8) is 0 Å². The van der Waals surface area contributed by atoms with Gasteiger partial charge in [0.05, 0.1) is 21.2 Å². The molecule has 31 heavy (non-hydrogen) atoms. The molecule has 0 atom stereocenters. The van der Waals surface area contributed by atoms with Crippen LogP contribution in [0.2, 0.25) is 5.02 Å². The van der Waals surface area contributed by atoms with E-state index in [-0.39, 0.29) is 26.9 Å². The van der Waals surface area contributed by atoms with Crippen LogP contribution < -0.4 is 10.0 Å². The minimum atomic E-state index is -4.58. The van der Waals surface area contributed by atoms with E-state index in [1.807, 2.05) is 6.92 Å². The lowest BCUT2D eigenvalue weighted by atomic mass is 10.1. The van der Waals surface area contributed by atoms with Crippen molar-refractivity contribution in [2.75, 3.05) is 10.0 Å². The molecule has 3 rings (SSSR count). The second-order valence-electron chi connectivity index (χ2n) is 6.64. The molecule has 5 nitrogen and oxygen atoms in total. The zero-order valence-electron chi connectivity index (χ0n) is 16.0. The number of benzene rings is 3. The molecule has 3 aromatic rings. The predicted molar refractivity (Wildman–Crippen MR) is 113 cm³/mol. The Kier molecular flexibility index (Phi) is 6.28. The van der Waals surface area contributed by atoms with E-state index in [0.29, 0.717) is 0 Å². The van der Waals surface area contributed by atoms with E-state index in [9.17, 15) is 26.4 Å². The van der Waals surface area contributed by atoms with E-state index in [1.54, 1.807) is 12.1 Å².